The number of hydrogen-bond donors (Lipinski definition) is 1. The zero-order valence-corrected chi connectivity index (χ0v) is 5.31. The third-order valence-corrected chi connectivity index (χ3v) is 1.04. The molecule has 0 aliphatic rings. The molecule has 0 heterocycles. The summed E-state index contributed by atoms with van der Waals surface area (Å²) in [5.74, 6) is -0.236. The Balaban J connectivity index is 3.46. The van der Waals surface area contributed by atoms with Gasteiger partial charge in [0.2, 0.25) is 0 Å². The van der Waals surface area contributed by atoms with E-state index in [2.05, 4.69) is 10.5 Å². The molecule has 1 atom stereocenters. The zero-order valence-electron chi connectivity index (χ0n) is 5.31. The molecule has 3 heteroatoms. The Hall–Kier alpha value is -0.570. The maximum absolute atomic E-state index is 10.5. The van der Waals surface area contributed by atoms with Crippen LogP contribution in [0.4, 0.5) is 0 Å². The second-order valence-electron chi connectivity index (χ2n) is 1.71. The zero-order chi connectivity index (χ0) is 6.57. The number of rotatable bonds is 2. The van der Waals surface area contributed by atoms with Gasteiger partial charge in [-0.25, -0.2) is 0 Å². The van der Waals surface area contributed by atoms with Crippen LogP contribution in [-0.4, -0.2) is 19.6 Å². The fraction of sp³-hybridized carbons (Fsp3) is 0.800. The van der Waals surface area contributed by atoms with Crippen LogP contribution in [0.15, 0.2) is 0 Å². The average Bonchev–Trinajstić information content (AvgIpc) is 1.84. The lowest BCUT2D eigenvalue weighted by molar-refractivity contribution is -0.375. The van der Waals surface area contributed by atoms with Gasteiger partial charge in [-0.15, -0.1) is 0 Å². The van der Waals surface area contributed by atoms with E-state index in [-0.39, 0.29) is 11.9 Å². The summed E-state index contributed by atoms with van der Waals surface area (Å²) in [6, 6.07) is 0. The third-order valence-electron chi connectivity index (χ3n) is 1.04. The monoisotopic (exact) mass is 118 g/mol. The van der Waals surface area contributed by atoms with E-state index in [1.54, 1.807) is 6.92 Å². The van der Waals surface area contributed by atoms with Gasteiger partial charge in [-0.3, -0.25) is 4.79 Å². The number of carbonyl (C=O) groups is 1. The van der Waals surface area contributed by atoms with Gasteiger partial charge in [-0.2, -0.15) is 0 Å². The molecular weight excluding hydrogens is 106 g/mol. The minimum atomic E-state index is -0.181. The molecule has 0 aliphatic heterocycles. The summed E-state index contributed by atoms with van der Waals surface area (Å²) < 4.78 is 4.42. The van der Waals surface area contributed by atoms with Crippen molar-refractivity contribution in [2.24, 2.45) is 5.92 Å². The first kappa shape index (κ1) is 7.43. The van der Waals surface area contributed by atoms with Crippen molar-refractivity contribution in [2.75, 3.05) is 13.7 Å². The Kier molecular flexibility index (Phi) is 3.19. The maximum atomic E-state index is 10.5. The van der Waals surface area contributed by atoms with E-state index in [0.717, 1.165) is 0 Å². The Morgan fingerprint density at radius 2 is 2.38 bits per heavy atom. The molecule has 0 aromatic carbocycles. The summed E-state index contributed by atoms with van der Waals surface area (Å²) in [6.45, 7) is 2.39. The Bertz CT molecular complexity index is 82.5. The number of esters is 1. The van der Waals surface area contributed by atoms with Gasteiger partial charge in [-0.05, 0) is 6.92 Å². The first-order valence-electron chi connectivity index (χ1n) is 2.59. The van der Waals surface area contributed by atoms with Crippen LogP contribution >= 0.6 is 0 Å². The predicted molar refractivity (Wildman–Crippen MR) is 28.9 cm³/mol. The predicted octanol–water partition coefficient (Wildman–Crippen LogP) is -0.963. The van der Waals surface area contributed by atoms with Crippen molar-refractivity contribution in [3.63, 3.8) is 0 Å². The van der Waals surface area contributed by atoms with Crippen molar-refractivity contribution in [1.82, 2.24) is 0 Å². The van der Waals surface area contributed by atoms with E-state index in [0.29, 0.717) is 6.54 Å². The van der Waals surface area contributed by atoms with Crippen molar-refractivity contribution in [3.05, 3.63) is 0 Å². The van der Waals surface area contributed by atoms with Crippen LogP contribution in [0.2, 0.25) is 0 Å². The topological polar surface area (TPSA) is 53.9 Å². The van der Waals surface area contributed by atoms with E-state index in [4.69, 9.17) is 0 Å². The van der Waals surface area contributed by atoms with Gasteiger partial charge >= 0.3 is 5.97 Å². The van der Waals surface area contributed by atoms with E-state index < -0.39 is 0 Å². The van der Waals surface area contributed by atoms with E-state index in [1.807, 2.05) is 0 Å². The summed E-state index contributed by atoms with van der Waals surface area (Å²) in [7, 11) is 1.38. The second kappa shape index (κ2) is 3.43. The van der Waals surface area contributed by atoms with Crippen LogP contribution in [0.5, 0.6) is 0 Å². The highest BCUT2D eigenvalue weighted by molar-refractivity contribution is 5.71. The highest BCUT2D eigenvalue weighted by Gasteiger charge is 2.11. The van der Waals surface area contributed by atoms with E-state index in [1.165, 1.54) is 7.11 Å². The minimum absolute atomic E-state index is 0.0556. The Labute approximate surface area is 48.8 Å². The minimum Gasteiger partial charge on any atom is -0.469 e. The molecule has 0 aromatic rings. The molecule has 3 nitrogen and oxygen atoms in total. The number of methoxy groups -OCH3 is 1. The lowest BCUT2D eigenvalue weighted by atomic mass is 10.2. The summed E-state index contributed by atoms with van der Waals surface area (Å²) in [4.78, 5) is 10.5. The maximum Gasteiger partial charge on any atom is 0.314 e. The van der Waals surface area contributed by atoms with Crippen LogP contribution < -0.4 is 5.73 Å². The van der Waals surface area contributed by atoms with Crippen molar-refractivity contribution >= 4 is 5.97 Å². The number of ether oxygens (including phenoxy) is 1. The molecule has 0 amide bonds. The van der Waals surface area contributed by atoms with Crippen molar-refractivity contribution in [3.8, 4) is 0 Å². The fourth-order valence-corrected chi connectivity index (χ4v) is 0.319. The molecule has 0 saturated heterocycles. The molecule has 0 aromatic heterocycles. The molecule has 0 saturated carbocycles. The normalized spacial score (nSPS) is 12.9. The molecule has 0 unspecified atom stereocenters. The van der Waals surface area contributed by atoms with Gasteiger partial charge in [0.1, 0.15) is 5.92 Å². The number of hydrogen-bond acceptors (Lipinski definition) is 2. The standard InChI is InChI=1S/C5H11NO2/c1-4(3-6)5(7)8-2/h4H,3,6H2,1-2H3/p+1/t4-/m0/s1. The Morgan fingerprint density at radius 1 is 1.88 bits per heavy atom. The lowest BCUT2D eigenvalue weighted by Gasteiger charge is -2.00. The summed E-state index contributed by atoms with van der Waals surface area (Å²) >= 11 is 0. The van der Waals surface area contributed by atoms with Gasteiger partial charge in [0.25, 0.3) is 0 Å². The summed E-state index contributed by atoms with van der Waals surface area (Å²) in [5, 5.41) is 0. The van der Waals surface area contributed by atoms with Gasteiger partial charge in [-0.1, -0.05) is 0 Å². The highest BCUT2D eigenvalue weighted by Crippen LogP contribution is 1.90. The highest BCUT2D eigenvalue weighted by atomic mass is 16.5. The van der Waals surface area contributed by atoms with Gasteiger partial charge in [0.05, 0.1) is 13.7 Å². The first-order valence-corrected chi connectivity index (χ1v) is 2.59. The van der Waals surface area contributed by atoms with Crippen LogP contribution in [0, 0.1) is 5.92 Å². The van der Waals surface area contributed by atoms with Crippen LogP contribution in [0.3, 0.4) is 0 Å². The SMILES string of the molecule is COC(=O)[C@@H](C)C[NH3+]. The average molecular weight is 118 g/mol. The third kappa shape index (κ3) is 1.93. The van der Waals surface area contributed by atoms with Gasteiger partial charge in [0.15, 0.2) is 0 Å². The summed E-state index contributed by atoms with van der Waals surface area (Å²) in [5.41, 5.74) is 3.55. The van der Waals surface area contributed by atoms with Gasteiger partial charge < -0.3 is 10.5 Å². The molecule has 0 aliphatic carbocycles. The smallest absolute Gasteiger partial charge is 0.314 e. The number of carbonyl (C=O) groups excluding carboxylic acids is 1. The fourth-order valence-electron chi connectivity index (χ4n) is 0.319. The number of quaternary nitrogens is 1. The largest absolute Gasteiger partial charge is 0.469 e. The molecule has 0 fully saturated rings. The van der Waals surface area contributed by atoms with Crippen molar-refractivity contribution < 1.29 is 15.3 Å². The second-order valence-corrected chi connectivity index (χ2v) is 1.71. The van der Waals surface area contributed by atoms with Crippen LogP contribution in [-0.2, 0) is 9.53 Å². The molecule has 0 spiro atoms. The molecule has 48 valence electrons. The molecule has 0 bridgehead atoms. The Morgan fingerprint density at radius 3 is 2.50 bits per heavy atom. The van der Waals surface area contributed by atoms with Crippen LogP contribution in [0.25, 0.3) is 0 Å². The molecule has 3 N–H and O–H groups in total. The molecular formula is C5H12NO2+. The quantitative estimate of drug-likeness (QED) is 0.475. The molecule has 0 radical (unpaired) electrons. The van der Waals surface area contributed by atoms with E-state index >= 15 is 0 Å². The molecule has 8 heavy (non-hydrogen) atoms. The molecule has 0 rings (SSSR count). The summed E-state index contributed by atoms with van der Waals surface area (Å²) in [6.07, 6.45) is 0. The first-order chi connectivity index (χ1) is 3.72. The van der Waals surface area contributed by atoms with Crippen molar-refractivity contribution in [1.29, 1.82) is 0 Å². The van der Waals surface area contributed by atoms with Crippen LogP contribution in [0.1, 0.15) is 6.92 Å². The van der Waals surface area contributed by atoms with E-state index in [9.17, 15) is 4.79 Å². The van der Waals surface area contributed by atoms with Crippen molar-refractivity contribution in [2.45, 2.75) is 6.92 Å². The lowest BCUT2D eigenvalue weighted by Crippen LogP contribution is -2.54. The van der Waals surface area contributed by atoms with Gasteiger partial charge in [0, 0.05) is 0 Å².